The van der Waals surface area contributed by atoms with Gasteiger partial charge in [0.2, 0.25) is 0 Å². The largest absolute Gasteiger partial charge is 0.328 e. The summed E-state index contributed by atoms with van der Waals surface area (Å²) in [4.78, 5) is 0. The molecular weight excluding hydrogens is 170 g/mol. The summed E-state index contributed by atoms with van der Waals surface area (Å²) in [5, 5.41) is 0. The van der Waals surface area contributed by atoms with Crippen LogP contribution in [-0.4, -0.2) is 6.04 Å². The van der Waals surface area contributed by atoms with Gasteiger partial charge >= 0.3 is 0 Å². The van der Waals surface area contributed by atoms with Crippen LogP contribution in [0, 0.1) is 20.8 Å². The molecule has 0 spiro atoms. The van der Waals surface area contributed by atoms with E-state index in [0.717, 1.165) is 5.92 Å². The lowest BCUT2D eigenvalue weighted by Gasteiger charge is -2.34. The summed E-state index contributed by atoms with van der Waals surface area (Å²) >= 11 is 0. The van der Waals surface area contributed by atoms with Crippen molar-refractivity contribution in [1.82, 2.24) is 0 Å². The lowest BCUT2D eigenvalue weighted by Crippen LogP contribution is -2.35. The zero-order chi connectivity index (χ0) is 10.3. The predicted octanol–water partition coefficient (Wildman–Crippen LogP) is 2.82. The van der Waals surface area contributed by atoms with Crippen molar-refractivity contribution in [1.29, 1.82) is 0 Å². The van der Waals surface area contributed by atoms with Crippen molar-refractivity contribution in [2.24, 2.45) is 5.73 Å². The van der Waals surface area contributed by atoms with Crippen LogP contribution in [0.2, 0.25) is 0 Å². The fraction of sp³-hybridized carbons (Fsp3) is 0.538. The first-order valence-corrected chi connectivity index (χ1v) is 5.42. The summed E-state index contributed by atoms with van der Waals surface area (Å²) in [5.41, 5.74) is 11.7. The van der Waals surface area contributed by atoms with Crippen molar-refractivity contribution in [3.05, 3.63) is 34.4 Å². The van der Waals surface area contributed by atoms with Crippen LogP contribution < -0.4 is 5.73 Å². The molecule has 1 aromatic carbocycles. The van der Waals surface area contributed by atoms with Crippen LogP contribution in [0.25, 0.3) is 0 Å². The Bertz CT molecular complexity index is 348. The van der Waals surface area contributed by atoms with E-state index < -0.39 is 0 Å². The molecule has 0 aliphatic heterocycles. The lowest BCUT2D eigenvalue weighted by molar-refractivity contribution is 0.350. The Hall–Kier alpha value is -0.820. The van der Waals surface area contributed by atoms with E-state index in [0.29, 0.717) is 6.04 Å². The number of hydrogen-bond acceptors (Lipinski definition) is 1. The van der Waals surface area contributed by atoms with Gasteiger partial charge < -0.3 is 5.73 Å². The summed E-state index contributed by atoms with van der Waals surface area (Å²) < 4.78 is 0. The molecule has 0 heterocycles. The van der Waals surface area contributed by atoms with E-state index in [1.54, 1.807) is 0 Å². The Morgan fingerprint density at radius 2 is 1.71 bits per heavy atom. The second kappa shape index (κ2) is 3.39. The van der Waals surface area contributed by atoms with Gasteiger partial charge in [-0.15, -0.1) is 0 Å². The van der Waals surface area contributed by atoms with E-state index in [9.17, 15) is 0 Å². The minimum Gasteiger partial charge on any atom is -0.328 e. The standard InChI is InChI=1S/C13H19N/c1-8-4-5-13(10(3)9(8)2)11-6-12(14)7-11/h4-5,11-12H,6-7,14H2,1-3H3. The molecule has 1 fully saturated rings. The molecule has 1 saturated carbocycles. The van der Waals surface area contributed by atoms with Crippen LogP contribution in [0.3, 0.4) is 0 Å². The predicted molar refractivity (Wildman–Crippen MR) is 60.6 cm³/mol. The molecule has 14 heavy (non-hydrogen) atoms. The molecule has 0 amide bonds. The number of aryl methyl sites for hydroxylation is 1. The van der Waals surface area contributed by atoms with Crippen molar-refractivity contribution >= 4 is 0 Å². The molecule has 0 saturated heterocycles. The molecule has 1 heteroatoms. The minimum absolute atomic E-state index is 0.445. The second-order valence-electron chi connectivity index (χ2n) is 4.65. The summed E-state index contributed by atoms with van der Waals surface area (Å²) in [6, 6.07) is 4.97. The molecule has 2 N–H and O–H groups in total. The van der Waals surface area contributed by atoms with Crippen LogP contribution in [0.4, 0.5) is 0 Å². The smallest absolute Gasteiger partial charge is 0.00504 e. The van der Waals surface area contributed by atoms with E-state index in [1.807, 2.05) is 0 Å². The number of rotatable bonds is 1. The highest BCUT2D eigenvalue weighted by Crippen LogP contribution is 2.38. The average molecular weight is 189 g/mol. The van der Waals surface area contributed by atoms with E-state index in [4.69, 9.17) is 5.73 Å². The van der Waals surface area contributed by atoms with Crippen LogP contribution in [0.1, 0.15) is 41.0 Å². The van der Waals surface area contributed by atoms with Gasteiger partial charge in [-0.25, -0.2) is 0 Å². The number of benzene rings is 1. The topological polar surface area (TPSA) is 26.0 Å². The van der Waals surface area contributed by atoms with Crippen molar-refractivity contribution in [3.8, 4) is 0 Å². The van der Waals surface area contributed by atoms with Crippen LogP contribution in [-0.2, 0) is 0 Å². The molecule has 0 radical (unpaired) electrons. The fourth-order valence-electron chi connectivity index (χ4n) is 2.34. The second-order valence-corrected chi connectivity index (χ2v) is 4.65. The molecule has 1 aliphatic carbocycles. The maximum absolute atomic E-state index is 5.82. The maximum atomic E-state index is 5.82. The van der Waals surface area contributed by atoms with Crippen molar-refractivity contribution in [2.75, 3.05) is 0 Å². The van der Waals surface area contributed by atoms with Crippen molar-refractivity contribution in [3.63, 3.8) is 0 Å². The molecule has 0 bridgehead atoms. The molecular formula is C13H19N. The van der Waals surface area contributed by atoms with Gasteiger partial charge in [0.25, 0.3) is 0 Å². The Kier molecular flexibility index (Phi) is 2.36. The maximum Gasteiger partial charge on any atom is 0.00504 e. The van der Waals surface area contributed by atoms with Crippen LogP contribution >= 0.6 is 0 Å². The molecule has 0 atom stereocenters. The van der Waals surface area contributed by atoms with E-state index >= 15 is 0 Å². The Morgan fingerprint density at radius 1 is 1.07 bits per heavy atom. The van der Waals surface area contributed by atoms with Crippen LogP contribution in [0.5, 0.6) is 0 Å². The third kappa shape index (κ3) is 1.46. The third-order valence-corrected chi connectivity index (χ3v) is 3.71. The van der Waals surface area contributed by atoms with Gasteiger partial charge in [-0.1, -0.05) is 12.1 Å². The Balaban J connectivity index is 2.31. The summed E-state index contributed by atoms with van der Waals surface area (Å²) in [6.07, 6.45) is 2.34. The van der Waals surface area contributed by atoms with Gasteiger partial charge in [0.1, 0.15) is 0 Å². The first kappa shape index (κ1) is 9.72. The molecule has 1 nitrogen and oxygen atoms in total. The van der Waals surface area contributed by atoms with Gasteiger partial charge in [-0.05, 0) is 61.8 Å². The molecule has 76 valence electrons. The Morgan fingerprint density at radius 3 is 2.29 bits per heavy atom. The molecule has 0 aromatic heterocycles. The number of hydrogen-bond donors (Lipinski definition) is 1. The highest BCUT2D eigenvalue weighted by molar-refractivity contribution is 5.41. The minimum atomic E-state index is 0.445. The highest BCUT2D eigenvalue weighted by atomic mass is 14.7. The average Bonchev–Trinajstić information content (AvgIpc) is 2.11. The first-order chi connectivity index (χ1) is 6.59. The zero-order valence-electron chi connectivity index (χ0n) is 9.30. The van der Waals surface area contributed by atoms with Gasteiger partial charge in [0, 0.05) is 6.04 Å². The summed E-state index contributed by atoms with van der Waals surface area (Å²) in [7, 11) is 0. The normalized spacial score (nSPS) is 26.0. The quantitative estimate of drug-likeness (QED) is 0.722. The van der Waals surface area contributed by atoms with E-state index in [2.05, 4.69) is 32.9 Å². The monoisotopic (exact) mass is 189 g/mol. The van der Waals surface area contributed by atoms with Crippen LogP contribution in [0.15, 0.2) is 12.1 Å². The molecule has 1 aromatic rings. The highest BCUT2D eigenvalue weighted by Gasteiger charge is 2.28. The zero-order valence-corrected chi connectivity index (χ0v) is 9.30. The lowest BCUT2D eigenvalue weighted by atomic mass is 9.74. The number of nitrogens with two attached hydrogens (primary N) is 1. The van der Waals surface area contributed by atoms with Gasteiger partial charge in [-0.3, -0.25) is 0 Å². The van der Waals surface area contributed by atoms with Gasteiger partial charge in [0.15, 0.2) is 0 Å². The van der Waals surface area contributed by atoms with Gasteiger partial charge in [0.05, 0.1) is 0 Å². The van der Waals surface area contributed by atoms with Crippen molar-refractivity contribution < 1.29 is 0 Å². The van der Waals surface area contributed by atoms with E-state index in [-0.39, 0.29) is 0 Å². The van der Waals surface area contributed by atoms with Gasteiger partial charge in [-0.2, -0.15) is 0 Å². The summed E-state index contributed by atoms with van der Waals surface area (Å²) in [5.74, 6) is 0.726. The third-order valence-electron chi connectivity index (χ3n) is 3.71. The molecule has 2 rings (SSSR count). The van der Waals surface area contributed by atoms with Crippen molar-refractivity contribution in [2.45, 2.75) is 45.6 Å². The van der Waals surface area contributed by atoms with E-state index in [1.165, 1.54) is 35.1 Å². The first-order valence-electron chi connectivity index (χ1n) is 5.42. The fourth-order valence-corrected chi connectivity index (χ4v) is 2.34. The molecule has 0 unspecified atom stereocenters. The summed E-state index contributed by atoms with van der Waals surface area (Å²) in [6.45, 7) is 6.63. The Labute approximate surface area is 86.3 Å². The SMILES string of the molecule is Cc1ccc(C2CC(N)C2)c(C)c1C. The molecule has 1 aliphatic rings.